The van der Waals surface area contributed by atoms with Crippen LogP contribution in [0.1, 0.15) is 30.1 Å². The van der Waals surface area contributed by atoms with Crippen molar-refractivity contribution in [1.29, 1.82) is 0 Å². The van der Waals surface area contributed by atoms with Crippen LogP contribution in [0, 0.1) is 0 Å². The Labute approximate surface area is 130 Å². The molecule has 0 aliphatic carbocycles. The predicted octanol–water partition coefficient (Wildman–Crippen LogP) is 1.95. The smallest absolute Gasteiger partial charge is 0.338 e. The van der Waals surface area contributed by atoms with E-state index in [1.165, 1.54) is 0 Å². The maximum atomic E-state index is 11.8. The van der Waals surface area contributed by atoms with Crippen LogP contribution in [0.25, 0.3) is 0 Å². The van der Waals surface area contributed by atoms with Crippen molar-refractivity contribution >= 4 is 24.3 Å². The fourth-order valence-electron chi connectivity index (χ4n) is 2.21. The molecule has 1 aromatic carbocycles. The Hall–Kier alpha value is -1.59. The van der Waals surface area contributed by atoms with Gasteiger partial charge in [-0.15, -0.1) is 12.4 Å². The molecule has 1 heterocycles. The Morgan fingerprint density at radius 3 is 2.57 bits per heavy atom. The number of nitrogens with one attached hydrogen (secondary N) is 1. The molecule has 0 saturated carbocycles. The van der Waals surface area contributed by atoms with Gasteiger partial charge in [0.2, 0.25) is 0 Å². The highest BCUT2D eigenvalue weighted by Gasteiger charge is 2.30. The first-order chi connectivity index (χ1) is 9.70. The number of ether oxygens (including phenoxy) is 2. The Kier molecular flexibility index (Phi) is 7.19. The molecule has 116 valence electrons. The van der Waals surface area contributed by atoms with Gasteiger partial charge in [0, 0.05) is 6.04 Å². The molecule has 1 aromatic rings. The number of halogens is 1. The molecular weight excluding hydrogens is 294 g/mol. The molecule has 1 saturated heterocycles. The molecule has 6 heteroatoms. The van der Waals surface area contributed by atoms with E-state index < -0.39 is 0 Å². The molecule has 0 amide bonds. The van der Waals surface area contributed by atoms with Gasteiger partial charge in [-0.05, 0) is 31.9 Å². The first-order valence-electron chi connectivity index (χ1n) is 6.85. The minimum atomic E-state index is -0.341. The van der Waals surface area contributed by atoms with E-state index in [4.69, 9.17) is 9.47 Å². The Morgan fingerprint density at radius 2 is 1.90 bits per heavy atom. The van der Waals surface area contributed by atoms with Crippen LogP contribution in [0.3, 0.4) is 0 Å². The zero-order chi connectivity index (χ0) is 14.4. The Morgan fingerprint density at radius 1 is 1.19 bits per heavy atom. The van der Waals surface area contributed by atoms with Crippen molar-refractivity contribution in [3.05, 3.63) is 35.9 Å². The summed E-state index contributed by atoms with van der Waals surface area (Å²) in [6, 6.07) is 8.59. The highest BCUT2D eigenvalue weighted by atomic mass is 35.5. The van der Waals surface area contributed by atoms with Crippen LogP contribution in [0.15, 0.2) is 30.3 Å². The summed E-state index contributed by atoms with van der Waals surface area (Å²) in [7, 11) is 0. The van der Waals surface area contributed by atoms with Gasteiger partial charge in [-0.3, -0.25) is 10.1 Å². The van der Waals surface area contributed by atoms with Crippen molar-refractivity contribution in [2.75, 3.05) is 13.2 Å². The molecule has 5 nitrogen and oxygen atoms in total. The summed E-state index contributed by atoms with van der Waals surface area (Å²) in [5.41, 5.74) is 0.535. The highest BCUT2D eigenvalue weighted by molar-refractivity contribution is 5.89. The molecule has 1 aliphatic rings. The Balaban J connectivity index is 0.00000220. The number of hydrogen-bond acceptors (Lipinski definition) is 5. The fraction of sp³-hybridized carbons (Fsp3) is 0.467. The second kappa shape index (κ2) is 8.64. The first-order valence-corrected chi connectivity index (χ1v) is 6.85. The van der Waals surface area contributed by atoms with Gasteiger partial charge in [0.25, 0.3) is 0 Å². The van der Waals surface area contributed by atoms with Crippen LogP contribution in [0.5, 0.6) is 0 Å². The summed E-state index contributed by atoms with van der Waals surface area (Å²) in [5.74, 6) is -0.573. The number of benzene rings is 1. The van der Waals surface area contributed by atoms with E-state index in [1.807, 2.05) is 6.07 Å². The van der Waals surface area contributed by atoms with Crippen LogP contribution in [-0.4, -0.2) is 37.2 Å². The van der Waals surface area contributed by atoms with E-state index in [0.29, 0.717) is 18.6 Å². The van der Waals surface area contributed by atoms with E-state index in [-0.39, 0.29) is 43.0 Å². The lowest BCUT2D eigenvalue weighted by molar-refractivity contribution is -0.145. The SMILES string of the molecule is CCOC(=O)[C@@H]1CC[C@@H](COC(=O)c2ccccc2)N1.Cl. The van der Waals surface area contributed by atoms with Crippen molar-refractivity contribution in [2.45, 2.75) is 31.8 Å². The van der Waals surface area contributed by atoms with Crippen molar-refractivity contribution in [3.8, 4) is 0 Å². The van der Waals surface area contributed by atoms with Gasteiger partial charge >= 0.3 is 11.9 Å². The lowest BCUT2D eigenvalue weighted by atomic mass is 10.2. The van der Waals surface area contributed by atoms with Gasteiger partial charge in [0.05, 0.1) is 12.2 Å². The van der Waals surface area contributed by atoms with Crippen molar-refractivity contribution in [1.82, 2.24) is 5.32 Å². The molecule has 1 N–H and O–H groups in total. The number of rotatable bonds is 5. The maximum absolute atomic E-state index is 11.8. The molecule has 0 spiro atoms. The van der Waals surface area contributed by atoms with Gasteiger partial charge in [0.15, 0.2) is 0 Å². The van der Waals surface area contributed by atoms with Crippen LogP contribution < -0.4 is 5.32 Å². The molecule has 1 aliphatic heterocycles. The molecule has 0 radical (unpaired) electrons. The second-order valence-electron chi connectivity index (χ2n) is 4.71. The molecular formula is C15H20ClNO4. The molecule has 2 rings (SSSR count). The van der Waals surface area contributed by atoms with Gasteiger partial charge in [-0.1, -0.05) is 18.2 Å². The highest BCUT2D eigenvalue weighted by Crippen LogP contribution is 2.14. The van der Waals surface area contributed by atoms with E-state index >= 15 is 0 Å². The van der Waals surface area contributed by atoms with Crippen molar-refractivity contribution in [2.24, 2.45) is 0 Å². The van der Waals surface area contributed by atoms with E-state index in [1.54, 1.807) is 31.2 Å². The summed E-state index contributed by atoms with van der Waals surface area (Å²) >= 11 is 0. The molecule has 2 atom stereocenters. The summed E-state index contributed by atoms with van der Waals surface area (Å²) < 4.78 is 10.2. The summed E-state index contributed by atoms with van der Waals surface area (Å²) in [6.45, 7) is 2.43. The van der Waals surface area contributed by atoms with Crippen LogP contribution >= 0.6 is 12.4 Å². The third kappa shape index (κ3) is 5.02. The number of hydrogen-bond donors (Lipinski definition) is 1. The van der Waals surface area contributed by atoms with Gasteiger partial charge < -0.3 is 9.47 Å². The fourth-order valence-corrected chi connectivity index (χ4v) is 2.21. The average molecular weight is 314 g/mol. The molecule has 0 bridgehead atoms. The standard InChI is InChI=1S/C15H19NO4.ClH/c1-2-19-15(18)13-9-8-12(16-13)10-20-14(17)11-6-4-3-5-7-11;/h3-7,12-13,16H,2,8-10H2,1H3;1H/t12-,13-;/m0./s1. The third-order valence-corrected chi connectivity index (χ3v) is 3.24. The van der Waals surface area contributed by atoms with Crippen LogP contribution in [0.2, 0.25) is 0 Å². The Bertz CT molecular complexity index is 466. The average Bonchev–Trinajstić information content (AvgIpc) is 2.95. The molecule has 21 heavy (non-hydrogen) atoms. The lowest BCUT2D eigenvalue weighted by Gasteiger charge is -2.13. The zero-order valence-corrected chi connectivity index (χ0v) is 12.7. The van der Waals surface area contributed by atoms with Crippen LogP contribution in [-0.2, 0) is 14.3 Å². The number of carbonyl (C=O) groups is 2. The zero-order valence-electron chi connectivity index (χ0n) is 11.9. The molecule has 0 aromatic heterocycles. The van der Waals surface area contributed by atoms with E-state index in [9.17, 15) is 9.59 Å². The first kappa shape index (κ1) is 17.5. The number of esters is 2. The second-order valence-corrected chi connectivity index (χ2v) is 4.71. The predicted molar refractivity (Wildman–Crippen MR) is 80.6 cm³/mol. The van der Waals surface area contributed by atoms with Crippen molar-refractivity contribution < 1.29 is 19.1 Å². The van der Waals surface area contributed by atoms with Gasteiger partial charge in [-0.25, -0.2) is 4.79 Å². The minimum Gasteiger partial charge on any atom is -0.465 e. The maximum Gasteiger partial charge on any atom is 0.338 e. The van der Waals surface area contributed by atoms with E-state index in [2.05, 4.69) is 5.32 Å². The van der Waals surface area contributed by atoms with Gasteiger partial charge in [-0.2, -0.15) is 0 Å². The normalized spacial score (nSPS) is 20.4. The number of carbonyl (C=O) groups excluding carboxylic acids is 2. The third-order valence-electron chi connectivity index (χ3n) is 3.24. The monoisotopic (exact) mass is 313 g/mol. The largest absolute Gasteiger partial charge is 0.465 e. The summed E-state index contributed by atoms with van der Waals surface area (Å²) in [4.78, 5) is 23.3. The quantitative estimate of drug-likeness (QED) is 0.842. The lowest BCUT2D eigenvalue weighted by Crippen LogP contribution is -2.39. The molecule has 0 unspecified atom stereocenters. The van der Waals surface area contributed by atoms with Crippen LogP contribution in [0.4, 0.5) is 0 Å². The minimum absolute atomic E-state index is 0. The van der Waals surface area contributed by atoms with E-state index in [0.717, 1.165) is 6.42 Å². The summed E-state index contributed by atoms with van der Waals surface area (Å²) in [6.07, 6.45) is 1.51. The topological polar surface area (TPSA) is 64.6 Å². The molecule has 1 fully saturated rings. The van der Waals surface area contributed by atoms with Gasteiger partial charge in [0.1, 0.15) is 12.6 Å². The van der Waals surface area contributed by atoms with Crippen molar-refractivity contribution in [3.63, 3.8) is 0 Å². The summed E-state index contributed by atoms with van der Waals surface area (Å²) in [5, 5.41) is 3.13.